The highest BCUT2D eigenvalue weighted by molar-refractivity contribution is 6.04. The summed E-state index contributed by atoms with van der Waals surface area (Å²) in [6, 6.07) is 11.7. The molecule has 1 aromatic carbocycles. The predicted molar refractivity (Wildman–Crippen MR) is 123 cm³/mol. The number of fused-ring (bicyclic) bond motifs is 1. The van der Waals surface area contributed by atoms with Crippen molar-refractivity contribution < 1.29 is 14.3 Å². The molecule has 32 heavy (non-hydrogen) atoms. The molecule has 0 spiro atoms. The summed E-state index contributed by atoms with van der Waals surface area (Å²) in [6.07, 6.45) is 5.71. The molecule has 3 heterocycles. The van der Waals surface area contributed by atoms with Gasteiger partial charge in [0, 0.05) is 24.2 Å². The minimum Gasteiger partial charge on any atom is -0.452 e. The van der Waals surface area contributed by atoms with Crippen LogP contribution in [0.3, 0.4) is 0 Å². The molecule has 0 radical (unpaired) electrons. The van der Waals surface area contributed by atoms with Crippen LogP contribution in [0.25, 0.3) is 22.3 Å². The zero-order valence-corrected chi connectivity index (χ0v) is 19.0. The monoisotopic (exact) mass is 434 g/mol. The van der Waals surface area contributed by atoms with Gasteiger partial charge in [-0.15, -0.1) is 0 Å². The van der Waals surface area contributed by atoms with Gasteiger partial charge in [0.2, 0.25) is 0 Å². The van der Waals surface area contributed by atoms with Gasteiger partial charge in [0.1, 0.15) is 0 Å². The first-order chi connectivity index (χ1) is 15.5. The number of carbonyl (C=O) groups excluding carboxylic acids is 2. The van der Waals surface area contributed by atoms with Gasteiger partial charge in [0.25, 0.3) is 5.91 Å². The van der Waals surface area contributed by atoms with Crippen molar-refractivity contribution >= 4 is 22.9 Å². The number of benzene rings is 1. The lowest BCUT2D eigenvalue weighted by Crippen LogP contribution is -2.45. The lowest BCUT2D eigenvalue weighted by Gasteiger charge is -2.35. The van der Waals surface area contributed by atoms with E-state index in [1.165, 1.54) is 0 Å². The molecule has 0 N–H and O–H groups in total. The van der Waals surface area contributed by atoms with Gasteiger partial charge in [-0.05, 0) is 45.6 Å². The van der Waals surface area contributed by atoms with Crippen LogP contribution >= 0.6 is 0 Å². The fourth-order valence-corrected chi connectivity index (χ4v) is 4.36. The molecule has 1 amide bonds. The third-order valence-corrected chi connectivity index (χ3v) is 6.09. The third kappa shape index (κ3) is 4.38. The summed E-state index contributed by atoms with van der Waals surface area (Å²) >= 11 is 0. The van der Waals surface area contributed by atoms with Crippen molar-refractivity contribution in [2.45, 2.75) is 58.5 Å². The Hall–Kier alpha value is -3.22. The molecule has 0 saturated carbocycles. The second-order valence-corrected chi connectivity index (χ2v) is 8.56. The van der Waals surface area contributed by atoms with E-state index in [-0.39, 0.29) is 24.6 Å². The van der Waals surface area contributed by atoms with Crippen molar-refractivity contribution in [1.82, 2.24) is 19.7 Å². The van der Waals surface area contributed by atoms with E-state index in [1.54, 1.807) is 16.9 Å². The maximum absolute atomic E-state index is 13.1. The number of carbonyl (C=O) groups is 2. The number of ether oxygens (including phenoxy) is 1. The molecule has 7 heteroatoms. The van der Waals surface area contributed by atoms with Crippen LogP contribution in [-0.4, -0.2) is 50.7 Å². The average Bonchev–Trinajstić information content (AvgIpc) is 3.26. The van der Waals surface area contributed by atoms with E-state index in [9.17, 15) is 9.59 Å². The predicted octanol–water partition coefficient (Wildman–Crippen LogP) is 4.63. The van der Waals surface area contributed by atoms with Crippen LogP contribution in [-0.2, 0) is 9.53 Å². The number of likely N-dealkylation sites (tertiary alicyclic amines) is 1. The molecule has 7 nitrogen and oxygen atoms in total. The van der Waals surface area contributed by atoms with Gasteiger partial charge >= 0.3 is 5.97 Å². The Bertz CT molecular complexity index is 1110. The van der Waals surface area contributed by atoms with Gasteiger partial charge < -0.3 is 9.64 Å². The Labute approximate surface area is 188 Å². The second kappa shape index (κ2) is 9.51. The number of pyridine rings is 1. The molecular formula is C25H30N4O3. The average molecular weight is 435 g/mol. The summed E-state index contributed by atoms with van der Waals surface area (Å²) in [5, 5.41) is 5.06. The molecular weight excluding hydrogens is 404 g/mol. The van der Waals surface area contributed by atoms with Gasteiger partial charge in [-0.3, -0.25) is 4.79 Å². The number of rotatable bonds is 6. The highest BCUT2D eigenvalue weighted by Gasteiger charge is 2.27. The zero-order chi connectivity index (χ0) is 22.7. The minimum absolute atomic E-state index is 0.0848. The SMILES string of the molecule is CC[C@H]1CCCCN1C(=O)COC(=O)c1cc(-c2ccccc2)nc2c1cnn2C(C)C. The molecule has 3 aromatic rings. The molecule has 4 rings (SSSR count). The molecule has 0 bridgehead atoms. The van der Waals surface area contributed by atoms with Gasteiger partial charge in [0.15, 0.2) is 12.3 Å². The molecule has 0 unspecified atom stereocenters. The molecule has 1 aliphatic rings. The van der Waals surface area contributed by atoms with Crippen LogP contribution in [0.4, 0.5) is 0 Å². The Kier molecular flexibility index (Phi) is 6.53. The van der Waals surface area contributed by atoms with Crippen LogP contribution < -0.4 is 0 Å². The minimum atomic E-state index is -0.531. The highest BCUT2D eigenvalue weighted by atomic mass is 16.5. The van der Waals surface area contributed by atoms with Crippen LogP contribution in [0.5, 0.6) is 0 Å². The van der Waals surface area contributed by atoms with Crippen LogP contribution in [0.15, 0.2) is 42.6 Å². The third-order valence-electron chi connectivity index (χ3n) is 6.09. The number of esters is 1. The Morgan fingerprint density at radius 2 is 1.97 bits per heavy atom. The lowest BCUT2D eigenvalue weighted by atomic mass is 10.00. The highest BCUT2D eigenvalue weighted by Crippen LogP contribution is 2.27. The number of aromatic nitrogens is 3. The fourth-order valence-electron chi connectivity index (χ4n) is 4.36. The summed E-state index contributed by atoms with van der Waals surface area (Å²) in [7, 11) is 0. The Morgan fingerprint density at radius 3 is 2.69 bits per heavy atom. The first-order valence-electron chi connectivity index (χ1n) is 11.4. The van der Waals surface area contributed by atoms with E-state index < -0.39 is 5.97 Å². The summed E-state index contributed by atoms with van der Waals surface area (Å²) in [5.74, 6) is -0.660. The summed E-state index contributed by atoms with van der Waals surface area (Å²) in [6.45, 7) is 6.60. The number of hydrogen-bond donors (Lipinski definition) is 0. The normalized spacial score (nSPS) is 16.5. The standard InChI is InChI=1S/C25H30N4O3/c1-4-19-12-8-9-13-28(19)23(30)16-32-25(31)20-14-22(18-10-6-5-7-11-18)27-24-21(20)15-26-29(24)17(2)3/h5-7,10-11,14-15,17,19H,4,8-9,12-13,16H2,1-3H3/t19-/m0/s1. The maximum Gasteiger partial charge on any atom is 0.339 e. The molecule has 1 aliphatic heterocycles. The van der Waals surface area contributed by atoms with E-state index in [0.29, 0.717) is 22.3 Å². The fraction of sp³-hybridized carbons (Fsp3) is 0.440. The Morgan fingerprint density at radius 1 is 1.19 bits per heavy atom. The van der Waals surface area contributed by atoms with E-state index in [4.69, 9.17) is 9.72 Å². The summed E-state index contributed by atoms with van der Waals surface area (Å²) < 4.78 is 7.30. The van der Waals surface area contributed by atoms with Crippen LogP contribution in [0.1, 0.15) is 62.9 Å². The zero-order valence-electron chi connectivity index (χ0n) is 19.0. The van der Waals surface area contributed by atoms with Crippen molar-refractivity contribution in [3.8, 4) is 11.3 Å². The quantitative estimate of drug-likeness (QED) is 0.529. The number of nitrogens with zero attached hydrogens (tertiary/aromatic N) is 4. The molecule has 2 aromatic heterocycles. The first-order valence-corrected chi connectivity index (χ1v) is 11.4. The maximum atomic E-state index is 13.1. The molecule has 1 fully saturated rings. The number of hydrogen-bond acceptors (Lipinski definition) is 5. The van der Waals surface area contributed by atoms with E-state index in [1.807, 2.05) is 49.1 Å². The van der Waals surface area contributed by atoms with Crippen LogP contribution in [0, 0.1) is 0 Å². The van der Waals surface area contributed by atoms with Gasteiger partial charge in [-0.1, -0.05) is 37.3 Å². The van der Waals surface area contributed by atoms with Gasteiger partial charge in [-0.25, -0.2) is 14.5 Å². The smallest absolute Gasteiger partial charge is 0.339 e. The first kappa shape index (κ1) is 22.0. The Balaban J connectivity index is 1.62. The second-order valence-electron chi connectivity index (χ2n) is 8.56. The van der Waals surface area contributed by atoms with Gasteiger partial charge in [0.05, 0.1) is 22.8 Å². The van der Waals surface area contributed by atoms with Crippen LogP contribution in [0.2, 0.25) is 0 Å². The number of piperidine rings is 1. The van der Waals surface area contributed by atoms with Crippen molar-refractivity contribution in [3.63, 3.8) is 0 Å². The summed E-state index contributed by atoms with van der Waals surface area (Å²) in [4.78, 5) is 32.5. The molecule has 1 saturated heterocycles. The van der Waals surface area contributed by atoms with Crippen molar-refractivity contribution in [3.05, 3.63) is 48.2 Å². The lowest BCUT2D eigenvalue weighted by molar-refractivity contribution is -0.138. The van der Waals surface area contributed by atoms with E-state index in [2.05, 4.69) is 12.0 Å². The van der Waals surface area contributed by atoms with Crippen molar-refractivity contribution in [1.29, 1.82) is 0 Å². The largest absolute Gasteiger partial charge is 0.452 e. The van der Waals surface area contributed by atoms with Gasteiger partial charge in [-0.2, -0.15) is 5.10 Å². The van der Waals surface area contributed by atoms with E-state index in [0.717, 1.165) is 37.8 Å². The van der Waals surface area contributed by atoms with Crippen molar-refractivity contribution in [2.75, 3.05) is 13.2 Å². The molecule has 0 aliphatic carbocycles. The number of amides is 1. The molecule has 168 valence electrons. The van der Waals surface area contributed by atoms with Crippen molar-refractivity contribution in [2.24, 2.45) is 0 Å². The summed E-state index contributed by atoms with van der Waals surface area (Å²) in [5.41, 5.74) is 2.57. The molecule has 1 atom stereocenters. The van der Waals surface area contributed by atoms with E-state index >= 15 is 0 Å². The topological polar surface area (TPSA) is 77.3 Å².